The molecule has 6 heteroatoms. The molecule has 0 radical (unpaired) electrons. The van der Waals surface area contributed by atoms with Gasteiger partial charge in [0.2, 0.25) is 0 Å². The summed E-state index contributed by atoms with van der Waals surface area (Å²) < 4.78 is 0. The number of piperidine rings is 1. The summed E-state index contributed by atoms with van der Waals surface area (Å²) in [5.41, 5.74) is 0.144. The number of hydrogen-bond acceptors (Lipinski definition) is 3. The van der Waals surface area contributed by atoms with E-state index >= 15 is 0 Å². The molecule has 0 spiro atoms. The quantitative estimate of drug-likeness (QED) is 0.612. The highest BCUT2D eigenvalue weighted by atomic mass is 35.5. The number of fused-ring (bicyclic) bond motifs is 1. The van der Waals surface area contributed by atoms with Crippen LogP contribution in [0.4, 0.5) is 5.69 Å². The van der Waals surface area contributed by atoms with Gasteiger partial charge >= 0.3 is 0 Å². The normalized spacial score (nSPS) is 24.7. The van der Waals surface area contributed by atoms with E-state index in [9.17, 15) is 14.9 Å². The molecule has 2 aliphatic rings. The number of rotatable bonds is 2. The monoisotopic (exact) mass is 322 g/mol. The van der Waals surface area contributed by atoms with Gasteiger partial charge in [0.15, 0.2) is 0 Å². The number of nitro groups is 1. The minimum absolute atomic E-state index is 0.0625. The van der Waals surface area contributed by atoms with Gasteiger partial charge in [-0.15, -0.1) is 0 Å². The number of likely N-dealkylation sites (tertiary alicyclic amines) is 1. The van der Waals surface area contributed by atoms with Gasteiger partial charge in [0.1, 0.15) is 5.02 Å². The van der Waals surface area contributed by atoms with E-state index in [0.29, 0.717) is 11.5 Å². The van der Waals surface area contributed by atoms with Crippen molar-refractivity contribution in [3.8, 4) is 0 Å². The van der Waals surface area contributed by atoms with Crippen molar-refractivity contribution in [2.45, 2.75) is 32.1 Å². The SMILES string of the molecule is O=C(c1ccc(Cl)c([N+](=O)[O-])c1)N1CCC2CCCCC2C1. The maximum atomic E-state index is 12.6. The molecule has 0 bridgehead atoms. The molecule has 2 atom stereocenters. The van der Waals surface area contributed by atoms with Crippen molar-refractivity contribution in [2.75, 3.05) is 13.1 Å². The van der Waals surface area contributed by atoms with Gasteiger partial charge in [0.25, 0.3) is 11.6 Å². The Kier molecular flexibility index (Phi) is 4.34. The zero-order chi connectivity index (χ0) is 15.7. The summed E-state index contributed by atoms with van der Waals surface area (Å²) in [6.45, 7) is 1.52. The van der Waals surface area contributed by atoms with Crippen molar-refractivity contribution in [3.05, 3.63) is 38.9 Å². The van der Waals surface area contributed by atoms with Gasteiger partial charge in [0.05, 0.1) is 4.92 Å². The number of nitrogens with zero attached hydrogens (tertiary/aromatic N) is 2. The smallest absolute Gasteiger partial charge is 0.288 e. The van der Waals surface area contributed by atoms with E-state index in [0.717, 1.165) is 25.4 Å². The molecule has 0 N–H and O–H groups in total. The number of benzene rings is 1. The molecular weight excluding hydrogens is 304 g/mol. The maximum absolute atomic E-state index is 12.6. The standard InChI is InChI=1S/C16H19ClN2O3/c17-14-6-5-12(9-15(14)19(21)22)16(20)18-8-7-11-3-1-2-4-13(11)10-18/h5-6,9,11,13H,1-4,7-8,10H2. The van der Waals surface area contributed by atoms with Crippen molar-refractivity contribution in [2.24, 2.45) is 11.8 Å². The van der Waals surface area contributed by atoms with Gasteiger partial charge in [-0.25, -0.2) is 0 Å². The molecule has 1 saturated heterocycles. The van der Waals surface area contributed by atoms with Crippen LogP contribution < -0.4 is 0 Å². The predicted molar refractivity (Wildman–Crippen MR) is 84.1 cm³/mol. The van der Waals surface area contributed by atoms with Gasteiger partial charge in [-0.1, -0.05) is 30.9 Å². The largest absolute Gasteiger partial charge is 0.338 e. The van der Waals surface area contributed by atoms with Crippen LogP contribution in [-0.4, -0.2) is 28.8 Å². The Hall–Kier alpha value is -1.62. The van der Waals surface area contributed by atoms with Crippen LogP contribution in [0, 0.1) is 22.0 Å². The lowest BCUT2D eigenvalue weighted by Gasteiger charge is -2.41. The summed E-state index contributed by atoms with van der Waals surface area (Å²) in [5.74, 6) is 1.22. The lowest BCUT2D eigenvalue weighted by Crippen LogP contribution is -2.44. The molecule has 1 amide bonds. The topological polar surface area (TPSA) is 63.4 Å². The molecule has 1 aliphatic carbocycles. The van der Waals surface area contributed by atoms with Gasteiger partial charge < -0.3 is 4.90 Å². The Bertz CT molecular complexity index is 605. The predicted octanol–water partition coefficient (Wildman–Crippen LogP) is 3.90. The van der Waals surface area contributed by atoms with E-state index < -0.39 is 4.92 Å². The summed E-state index contributed by atoms with van der Waals surface area (Å²) in [6.07, 6.45) is 6.06. The molecule has 22 heavy (non-hydrogen) atoms. The first kappa shape index (κ1) is 15.3. The van der Waals surface area contributed by atoms with Crippen LogP contribution >= 0.6 is 11.6 Å². The van der Waals surface area contributed by atoms with Crippen LogP contribution in [0.3, 0.4) is 0 Å². The lowest BCUT2D eigenvalue weighted by molar-refractivity contribution is -0.384. The van der Waals surface area contributed by atoms with E-state index in [2.05, 4.69) is 0 Å². The third kappa shape index (κ3) is 2.95. The zero-order valence-corrected chi connectivity index (χ0v) is 13.1. The van der Waals surface area contributed by atoms with Crippen LogP contribution in [0.5, 0.6) is 0 Å². The highest BCUT2D eigenvalue weighted by molar-refractivity contribution is 6.32. The molecule has 1 aliphatic heterocycles. The second-order valence-corrected chi connectivity index (χ2v) is 6.67. The third-order valence-corrected chi connectivity index (χ3v) is 5.29. The number of hydrogen-bond donors (Lipinski definition) is 0. The number of carbonyl (C=O) groups excluding carboxylic acids is 1. The zero-order valence-electron chi connectivity index (χ0n) is 12.3. The van der Waals surface area contributed by atoms with Gasteiger partial charge in [0, 0.05) is 24.7 Å². The Morgan fingerprint density at radius 2 is 1.95 bits per heavy atom. The summed E-state index contributed by atoms with van der Waals surface area (Å²) >= 11 is 5.81. The van der Waals surface area contributed by atoms with Crippen LogP contribution in [0.1, 0.15) is 42.5 Å². The van der Waals surface area contributed by atoms with E-state index in [1.165, 1.54) is 37.8 Å². The van der Waals surface area contributed by atoms with Crippen molar-refractivity contribution in [3.63, 3.8) is 0 Å². The number of amides is 1. The van der Waals surface area contributed by atoms with E-state index in [-0.39, 0.29) is 16.6 Å². The molecule has 0 aromatic heterocycles. The highest BCUT2D eigenvalue weighted by Crippen LogP contribution is 2.36. The van der Waals surface area contributed by atoms with Crippen LogP contribution in [0.2, 0.25) is 5.02 Å². The second-order valence-electron chi connectivity index (χ2n) is 6.27. The summed E-state index contributed by atoms with van der Waals surface area (Å²) in [4.78, 5) is 24.9. The molecule has 1 aromatic carbocycles. The van der Waals surface area contributed by atoms with Crippen molar-refractivity contribution < 1.29 is 9.72 Å². The Balaban J connectivity index is 1.76. The van der Waals surface area contributed by atoms with Crippen LogP contribution in [0.25, 0.3) is 0 Å². The summed E-state index contributed by atoms with van der Waals surface area (Å²) in [6, 6.07) is 4.29. The summed E-state index contributed by atoms with van der Waals surface area (Å²) in [5, 5.41) is 11.0. The number of carbonyl (C=O) groups is 1. The molecule has 1 saturated carbocycles. The average molecular weight is 323 g/mol. The molecule has 2 unspecified atom stereocenters. The first-order valence-corrected chi connectivity index (χ1v) is 8.17. The molecule has 2 fully saturated rings. The van der Waals surface area contributed by atoms with E-state index in [4.69, 9.17) is 11.6 Å². The molecule has 5 nitrogen and oxygen atoms in total. The number of nitro benzene ring substituents is 1. The molecular formula is C16H19ClN2O3. The summed E-state index contributed by atoms with van der Waals surface area (Å²) in [7, 11) is 0. The Morgan fingerprint density at radius 3 is 2.68 bits per heavy atom. The van der Waals surface area contributed by atoms with Gasteiger partial charge in [-0.3, -0.25) is 14.9 Å². The minimum atomic E-state index is -0.549. The minimum Gasteiger partial charge on any atom is -0.338 e. The molecule has 118 valence electrons. The van der Waals surface area contributed by atoms with Crippen LogP contribution in [-0.2, 0) is 0 Å². The van der Waals surface area contributed by atoms with Crippen molar-refractivity contribution in [1.82, 2.24) is 4.90 Å². The molecule has 1 heterocycles. The van der Waals surface area contributed by atoms with Crippen LogP contribution in [0.15, 0.2) is 18.2 Å². The first-order chi connectivity index (χ1) is 10.6. The fourth-order valence-corrected chi connectivity index (χ4v) is 3.94. The average Bonchev–Trinajstić information content (AvgIpc) is 2.54. The van der Waals surface area contributed by atoms with Gasteiger partial charge in [-0.05, 0) is 36.8 Å². The Morgan fingerprint density at radius 1 is 1.23 bits per heavy atom. The molecule has 3 rings (SSSR count). The van der Waals surface area contributed by atoms with E-state index in [1.807, 2.05) is 4.90 Å². The number of halogens is 1. The van der Waals surface area contributed by atoms with Crippen molar-refractivity contribution >= 4 is 23.2 Å². The second kappa shape index (κ2) is 6.24. The fourth-order valence-electron chi connectivity index (χ4n) is 3.75. The highest BCUT2D eigenvalue weighted by Gasteiger charge is 2.33. The van der Waals surface area contributed by atoms with Crippen molar-refractivity contribution in [1.29, 1.82) is 0 Å². The molecule has 1 aromatic rings. The lowest BCUT2D eigenvalue weighted by atomic mass is 9.75. The maximum Gasteiger partial charge on any atom is 0.288 e. The van der Waals surface area contributed by atoms with Gasteiger partial charge in [-0.2, -0.15) is 0 Å². The third-order valence-electron chi connectivity index (χ3n) is 4.97. The fraction of sp³-hybridized carbons (Fsp3) is 0.562. The Labute approximate surface area is 134 Å². The first-order valence-electron chi connectivity index (χ1n) is 7.79. The van der Waals surface area contributed by atoms with E-state index in [1.54, 1.807) is 6.07 Å².